The van der Waals surface area contributed by atoms with E-state index in [1.54, 1.807) is 0 Å². The number of fused-ring (bicyclic) bond motifs is 5. The van der Waals surface area contributed by atoms with E-state index in [9.17, 15) is 9.90 Å². The molecule has 1 fully saturated rings. The third-order valence-electron chi connectivity index (χ3n) is 7.82. The van der Waals surface area contributed by atoms with Crippen molar-refractivity contribution < 1.29 is 9.90 Å². The van der Waals surface area contributed by atoms with Crippen LogP contribution in [0.15, 0.2) is 35.5 Å². The van der Waals surface area contributed by atoms with E-state index in [-0.39, 0.29) is 16.6 Å². The van der Waals surface area contributed by atoms with Crippen LogP contribution in [0.3, 0.4) is 0 Å². The molecular weight excluding hydrogens is 284 g/mol. The molecule has 0 aromatic heterocycles. The minimum Gasteiger partial charge on any atom is -0.389 e. The highest BCUT2D eigenvalue weighted by Crippen LogP contribution is 2.64. The minimum absolute atomic E-state index is 0.0116. The molecule has 0 bridgehead atoms. The maximum Gasteiger partial charge on any atom is 0.156 e. The maximum atomic E-state index is 11.8. The molecule has 0 aromatic carbocycles. The quantitative estimate of drug-likeness (QED) is 0.731. The van der Waals surface area contributed by atoms with Crippen molar-refractivity contribution in [1.82, 2.24) is 0 Å². The molecule has 0 aromatic rings. The molecular formula is C21H28O2. The Morgan fingerprint density at radius 3 is 2.83 bits per heavy atom. The molecule has 2 unspecified atom stereocenters. The first-order valence-electron chi connectivity index (χ1n) is 9.20. The summed E-state index contributed by atoms with van der Waals surface area (Å²) in [6, 6.07) is 0. The number of carbonyl (C=O) groups excluding carboxylic acids is 1. The summed E-state index contributed by atoms with van der Waals surface area (Å²) in [6.45, 7) is 6.74. The van der Waals surface area contributed by atoms with E-state index in [0.29, 0.717) is 18.3 Å². The Kier molecular flexibility index (Phi) is 3.14. The van der Waals surface area contributed by atoms with Gasteiger partial charge >= 0.3 is 0 Å². The summed E-state index contributed by atoms with van der Waals surface area (Å²) in [5.74, 6) is 1.23. The molecule has 0 heterocycles. The summed E-state index contributed by atoms with van der Waals surface area (Å²) in [6.07, 6.45) is 14.3. The predicted molar refractivity (Wildman–Crippen MR) is 91.8 cm³/mol. The van der Waals surface area contributed by atoms with Crippen LogP contribution in [-0.2, 0) is 4.79 Å². The first kappa shape index (κ1) is 15.4. The zero-order valence-electron chi connectivity index (χ0n) is 14.6. The van der Waals surface area contributed by atoms with Gasteiger partial charge in [0.1, 0.15) is 0 Å². The van der Waals surface area contributed by atoms with Gasteiger partial charge in [0.05, 0.1) is 5.60 Å². The van der Waals surface area contributed by atoms with Gasteiger partial charge in [-0.05, 0) is 49.7 Å². The molecule has 0 aliphatic heterocycles. The Hall–Kier alpha value is -1.15. The fraction of sp³-hybridized carbons (Fsp3) is 0.667. The molecule has 4 rings (SSSR count). The number of ketones is 1. The van der Waals surface area contributed by atoms with Gasteiger partial charge in [-0.1, -0.05) is 44.6 Å². The normalized spacial score (nSPS) is 48.3. The van der Waals surface area contributed by atoms with Crippen LogP contribution in [0.1, 0.15) is 59.3 Å². The van der Waals surface area contributed by atoms with Crippen LogP contribution in [0, 0.1) is 22.7 Å². The summed E-state index contributed by atoms with van der Waals surface area (Å²) < 4.78 is 0. The second kappa shape index (κ2) is 4.69. The summed E-state index contributed by atoms with van der Waals surface area (Å²) in [5.41, 5.74) is 2.21. The molecule has 0 saturated heterocycles. The molecule has 5 atom stereocenters. The highest BCUT2D eigenvalue weighted by Gasteiger charge is 2.60. The standard InChI is InChI=1S/C21H28O2/c1-4-21(23)12-9-18-16-6-5-14-13-15(22)7-10-19(14,2)17(16)8-11-20(18,21)3/h5-6,8,13,16,18,23H,4,7,9-12H2,1-3H3/t16?,18?,19-,20-,21-/m0/s1. The van der Waals surface area contributed by atoms with E-state index >= 15 is 0 Å². The van der Waals surface area contributed by atoms with Gasteiger partial charge in [-0.15, -0.1) is 0 Å². The lowest BCUT2D eigenvalue weighted by molar-refractivity contribution is -0.115. The first-order chi connectivity index (χ1) is 10.8. The van der Waals surface area contributed by atoms with E-state index in [1.165, 1.54) is 11.1 Å². The van der Waals surface area contributed by atoms with E-state index in [2.05, 4.69) is 39.0 Å². The van der Waals surface area contributed by atoms with E-state index < -0.39 is 5.60 Å². The lowest BCUT2D eigenvalue weighted by Crippen LogP contribution is -2.49. The van der Waals surface area contributed by atoms with Crippen molar-refractivity contribution in [2.24, 2.45) is 22.7 Å². The smallest absolute Gasteiger partial charge is 0.156 e. The lowest BCUT2D eigenvalue weighted by Gasteiger charge is -2.53. The third-order valence-corrected chi connectivity index (χ3v) is 7.82. The van der Waals surface area contributed by atoms with Crippen LogP contribution in [-0.4, -0.2) is 16.5 Å². The second-order valence-electron chi connectivity index (χ2n) is 8.59. The monoisotopic (exact) mass is 312 g/mol. The largest absolute Gasteiger partial charge is 0.389 e. The number of aliphatic hydroxyl groups is 1. The topological polar surface area (TPSA) is 37.3 Å². The maximum absolute atomic E-state index is 11.8. The molecule has 1 saturated carbocycles. The molecule has 0 spiro atoms. The average molecular weight is 312 g/mol. The third kappa shape index (κ3) is 1.82. The molecule has 4 aliphatic rings. The SMILES string of the molecule is CC[C@]1(O)CCC2C3C=CC4=CC(=O)CC[C@]4(C)C3=CC[C@@]21C. The van der Waals surface area contributed by atoms with Crippen LogP contribution in [0.5, 0.6) is 0 Å². The van der Waals surface area contributed by atoms with Crippen LogP contribution >= 0.6 is 0 Å². The zero-order chi connectivity index (χ0) is 16.5. The Balaban J connectivity index is 1.80. The van der Waals surface area contributed by atoms with Crippen LogP contribution in [0.25, 0.3) is 0 Å². The summed E-state index contributed by atoms with van der Waals surface area (Å²) >= 11 is 0. The molecule has 2 nitrogen and oxygen atoms in total. The second-order valence-corrected chi connectivity index (χ2v) is 8.59. The number of allylic oxidation sites excluding steroid dienone is 6. The van der Waals surface area contributed by atoms with Crippen LogP contribution in [0.2, 0.25) is 0 Å². The number of rotatable bonds is 1. The predicted octanol–water partition coefficient (Wildman–Crippen LogP) is 4.36. The van der Waals surface area contributed by atoms with E-state index in [0.717, 1.165) is 32.1 Å². The fourth-order valence-electron chi connectivity index (χ4n) is 6.02. The van der Waals surface area contributed by atoms with Gasteiger partial charge in [0.25, 0.3) is 0 Å². The van der Waals surface area contributed by atoms with Crippen molar-refractivity contribution in [3.05, 3.63) is 35.5 Å². The number of carbonyl (C=O) groups is 1. The van der Waals surface area contributed by atoms with Crippen LogP contribution < -0.4 is 0 Å². The molecule has 1 N–H and O–H groups in total. The van der Waals surface area contributed by atoms with Crippen LogP contribution in [0.4, 0.5) is 0 Å². The molecule has 0 amide bonds. The molecule has 124 valence electrons. The molecule has 0 radical (unpaired) electrons. The van der Waals surface area contributed by atoms with Crippen molar-refractivity contribution >= 4 is 5.78 Å². The van der Waals surface area contributed by atoms with Gasteiger partial charge in [-0.3, -0.25) is 4.79 Å². The summed E-state index contributed by atoms with van der Waals surface area (Å²) in [5, 5.41) is 11.2. The fourth-order valence-corrected chi connectivity index (χ4v) is 6.02. The Labute approximate surface area is 139 Å². The minimum atomic E-state index is -0.521. The Morgan fingerprint density at radius 2 is 2.09 bits per heavy atom. The lowest BCUT2D eigenvalue weighted by atomic mass is 9.52. The average Bonchev–Trinajstić information content (AvgIpc) is 2.80. The van der Waals surface area contributed by atoms with E-state index in [1.807, 2.05) is 6.08 Å². The van der Waals surface area contributed by atoms with Gasteiger partial charge < -0.3 is 5.11 Å². The van der Waals surface area contributed by atoms with Gasteiger partial charge in [0.15, 0.2) is 5.78 Å². The molecule has 23 heavy (non-hydrogen) atoms. The Morgan fingerprint density at radius 1 is 1.30 bits per heavy atom. The Bertz CT molecular complexity index is 655. The highest BCUT2D eigenvalue weighted by atomic mass is 16.3. The molecule has 2 heteroatoms. The molecule has 4 aliphatic carbocycles. The van der Waals surface area contributed by atoms with Gasteiger partial charge in [0, 0.05) is 23.2 Å². The summed E-state index contributed by atoms with van der Waals surface area (Å²) in [4.78, 5) is 11.8. The van der Waals surface area contributed by atoms with Crippen molar-refractivity contribution in [1.29, 1.82) is 0 Å². The van der Waals surface area contributed by atoms with Crippen molar-refractivity contribution in [3.8, 4) is 0 Å². The zero-order valence-corrected chi connectivity index (χ0v) is 14.6. The highest BCUT2D eigenvalue weighted by molar-refractivity contribution is 5.92. The van der Waals surface area contributed by atoms with Crippen molar-refractivity contribution in [2.75, 3.05) is 0 Å². The van der Waals surface area contributed by atoms with E-state index in [4.69, 9.17) is 0 Å². The van der Waals surface area contributed by atoms with Gasteiger partial charge in [0.2, 0.25) is 0 Å². The summed E-state index contributed by atoms with van der Waals surface area (Å²) in [7, 11) is 0. The first-order valence-corrected chi connectivity index (χ1v) is 9.20. The van der Waals surface area contributed by atoms with Gasteiger partial charge in [-0.25, -0.2) is 0 Å². The van der Waals surface area contributed by atoms with Crippen molar-refractivity contribution in [3.63, 3.8) is 0 Å². The number of hydrogen-bond donors (Lipinski definition) is 1. The number of hydrogen-bond acceptors (Lipinski definition) is 2. The van der Waals surface area contributed by atoms with Gasteiger partial charge in [-0.2, -0.15) is 0 Å². The van der Waals surface area contributed by atoms with Crippen molar-refractivity contribution in [2.45, 2.75) is 64.9 Å².